The maximum atomic E-state index is 14.1. The van der Waals surface area contributed by atoms with Crippen molar-refractivity contribution < 1.29 is 33.1 Å². The maximum Gasteiger partial charge on any atom is 0.180 e. The van der Waals surface area contributed by atoms with Crippen LogP contribution in [-0.2, 0) is 4.57 Å². The molecule has 0 saturated carbocycles. The molecule has 2 rings (SSSR count). The fraction of sp³-hybridized carbons (Fsp3) is 0.462. The number of Topliss-reactive ketones (excluding diaryl/α,β-unsaturated/α-hetero) is 2. The highest BCUT2D eigenvalue weighted by Crippen LogP contribution is 2.47. The molecule has 0 saturated heterocycles. The quantitative estimate of drug-likeness (QED) is 0.291. The van der Waals surface area contributed by atoms with Gasteiger partial charge >= 0.3 is 0 Å². The number of benzene rings is 2. The van der Waals surface area contributed by atoms with Crippen molar-refractivity contribution in [2.75, 3.05) is 28.4 Å². The lowest BCUT2D eigenvalue weighted by atomic mass is 9.98. The Morgan fingerprint density at radius 1 is 0.618 bits per heavy atom. The topological polar surface area (TPSA) is 88.1 Å². The van der Waals surface area contributed by atoms with E-state index in [1.165, 1.54) is 28.4 Å². The second kappa shape index (κ2) is 12.1. The van der Waals surface area contributed by atoms with Crippen LogP contribution in [0.15, 0.2) is 36.4 Å². The lowest BCUT2D eigenvalue weighted by Gasteiger charge is -2.28. The van der Waals surface area contributed by atoms with Crippen molar-refractivity contribution in [2.45, 2.75) is 39.0 Å². The van der Waals surface area contributed by atoms with Crippen molar-refractivity contribution in [3.63, 3.8) is 0 Å². The van der Waals surface area contributed by atoms with Gasteiger partial charge in [0, 0.05) is 0 Å². The van der Waals surface area contributed by atoms with Gasteiger partial charge in [-0.2, -0.15) is 0 Å². The van der Waals surface area contributed by atoms with Gasteiger partial charge in [0.15, 0.2) is 11.6 Å². The summed E-state index contributed by atoms with van der Waals surface area (Å²) in [5, 5.41) is 0. The van der Waals surface area contributed by atoms with E-state index < -0.39 is 19.1 Å². The first-order valence-electron chi connectivity index (χ1n) is 11.2. The summed E-state index contributed by atoms with van der Waals surface area (Å²) in [6, 6.07) is 10.1. The number of hydrogen-bond acceptors (Lipinski definition) is 7. The minimum atomic E-state index is -2.83. The van der Waals surface area contributed by atoms with E-state index in [0.29, 0.717) is 23.0 Å². The van der Waals surface area contributed by atoms with Crippen molar-refractivity contribution in [1.29, 1.82) is 0 Å². The van der Waals surface area contributed by atoms with Crippen LogP contribution in [0.2, 0.25) is 0 Å². The Kier molecular flexibility index (Phi) is 9.75. The monoisotopic (exact) mass is 490 g/mol. The van der Waals surface area contributed by atoms with Crippen LogP contribution in [-0.4, -0.2) is 51.3 Å². The van der Waals surface area contributed by atoms with Crippen LogP contribution in [0.4, 0.5) is 0 Å². The molecule has 186 valence electrons. The van der Waals surface area contributed by atoms with E-state index in [1.807, 2.05) is 27.7 Å². The van der Waals surface area contributed by atoms with E-state index in [4.69, 9.17) is 18.9 Å². The minimum absolute atomic E-state index is 0.231. The lowest BCUT2D eigenvalue weighted by Crippen LogP contribution is -2.33. The van der Waals surface area contributed by atoms with E-state index in [1.54, 1.807) is 36.4 Å². The molecule has 0 radical (unpaired) electrons. The predicted molar refractivity (Wildman–Crippen MR) is 134 cm³/mol. The number of rotatable bonds is 12. The van der Waals surface area contributed by atoms with Crippen molar-refractivity contribution in [2.24, 2.45) is 11.8 Å². The first-order chi connectivity index (χ1) is 16.1. The van der Waals surface area contributed by atoms with Gasteiger partial charge in [-0.3, -0.25) is 9.59 Å². The molecule has 2 aromatic rings. The third-order valence-electron chi connectivity index (χ3n) is 5.86. The molecule has 0 aromatic heterocycles. The number of ether oxygens (including phenoxy) is 4. The van der Waals surface area contributed by atoms with E-state index in [9.17, 15) is 14.2 Å². The fourth-order valence-electron chi connectivity index (χ4n) is 4.21. The molecule has 2 unspecified atom stereocenters. The number of carbonyl (C=O) groups is 2. The number of ketones is 2. The zero-order chi connectivity index (χ0) is 25.6. The van der Waals surface area contributed by atoms with Gasteiger partial charge in [-0.1, -0.05) is 39.8 Å². The van der Waals surface area contributed by atoms with Crippen LogP contribution in [0.25, 0.3) is 0 Å². The molecule has 7 nitrogen and oxygen atoms in total. The molecule has 0 aliphatic rings. The molecular formula is C26H35O7P. The highest BCUT2D eigenvalue weighted by Gasteiger charge is 2.41. The number of hydrogen-bond donors (Lipinski definition) is 0. The molecule has 0 aliphatic heterocycles. The first kappa shape index (κ1) is 27.5. The van der Waals surface area contributed by atoms with Gasteiger partial charge in [-0.05, 0) is 36.1 Å². The largest absolute Gasteiger partial charge is 0.496 e. The average Bonchev–Trinajstić information content (AvgIpc) is 2.82. The van der Waals surface area contributed by atoms with Gasteiger partial charge in [0.1, 0.15) is 34.1 Å². The second-order valence-corrected chi connectivity index (χ2v) is 10.7. The minimum Gasteiger partial charge on any atom is -0.496 e. The Bertz CT molecular complexity index is 919. The third-order valence-corrected chi connectivity index (χ3v) is 8.94. The Hall–Kier alpha value is -2.79. The van der Waals surface area contributed by atoms with E-state index in [-0.39, 0.29) is 34.5 Å². The van der Waals surface area contributed by atoms with E-state index in [2.05, 4.69) is 0 Å². The molecule has 2 atom stereocenters. The Morgan fingerprint density at radius 2 is 0.882 bits per heavy atom. The summed E-state index contributed by atoms with van der Waals surface area (Å²) in [4.78, 5) is 27.6. The van der Waals surface area contributed by atoms with Crippen molar-refractivity contribution >= 4 is 19.4 Å². The zero-order valence-electron chi connectivity index (χ0n) is 21.1. The maximum absolute atomic E-state index is 14.1. The van der Waals surface area contributed by atoms with Crippen LogP contribution in [0.1, 0.15) is 48.4 Å². The first-order valence-corrected chi connectivity index (χ1v) is 12.7. The molecule has 2 aromatic carbocycles. The second-order valence-electron chi connectivity index (χ2n) is 8.65. The van der Waals surface area contributed by atoms with E-state index in [0.717, 1.165) is 0 Å². The third kappa shape index (κ3) is 5.47. The Morgan fingerprint density at radius 3 is 1.09 bits per heavy atom. The Balaban J connectivity index is 2.63. The summed E-state index contributed by atoms with van der Waals surface area (Å²) >= 11 is 0. The summed E-state index contributed by atoms with van der Waals surface area (Å²) in [6.45, 7) is 7.33. The van der Waals surface area contributed by atoms with Gasteiger partial charge < -0.3 is 23.5 Å². The summed E-state index contributed by atoms with van der Waals surface area (Å²) < 4.78 is 35.8. The van der Waals surface area contributed by atoms with Crippen molar-refractivity contribution in [3.8, 4) is 23.0 Å². The average molecular weight is 491 g/mol. The van der Waals surface area contributed by atoms with Crippen LogP contribution < -0.4 is 18.9 Å². The van der Waals surface area contributed by atoms with Crippen LogP contribution in [0, 0.1) is 11.8 Å². The van der Waals surface area contributed by atoms with E-state index >= 15 is 0 Å². The highest BCUT2D eigenvalue weighted by atomic mass is 31.1. The van der Waals surface area contributed by atoms with Crippen LogP contribution >= 0.6 is 7.80 Å². The molecule has 0 aliphatic carbocycles. The molecule has 34 heavy (non-hydrogen) atoms. The van der Waals surface area contributed by atoms with Crippen molar-refractivity contribution in [3.05, 3.63) is 47.5 Å². The molecule has 8 heteroatoms. The van der Waals surface area contributed by atoms with Crippen LogP contribution in [0.3, 0.4) is 0 Å². The van der Waals surface area contributed by atoms with Gasteiger partial charge in [0.2, 0.25) is 0 Å². The molecule has 0 bridgehead atoms. The molecule has 0 heterocycles. The standard InChI is InChI=1S/C26H35O7P/c1-15(2)25(23(27)21-17(30-5)11-9-12-18(21)31-6)34(29)26(16(3)4)24(28)22-19(32-7)13-10-14-20(22)33-8/h9-16,25-26,34H,1-8H3. The molecule has 0 amide bonds. The highest BCUT2D eigenvalue weighted by molar-refractivity contribution is 7.49. The molecule has 0 spiro atoms. The normalized spacial score (nSPS) is 13.8. The van der Waals surface area contributed by atoms with Gasteiger partial charge in [0.05, 0.1) is 47.6 Å². The van der Waals surface area contributed by atoms with Crippen LogP contribution in [0.5, 0.6) is 23.0 Å². The van der Waals surface area contributed by atoms with Gasteiger partial charge in [-0.25, -0.2) is 0 Å². The SMILES string of the molecule is COc1cccc(OC)c1C(=O)C(C(C)C)[PH](=O)C(C(=O)c1c(OC)cccc1OC)C(C)C. The Labute approximate surface area is 202 Å². The summed E-state index contributed by atoms with van der Waals surface area (Å²) in [6.07, 6.45) is 0. The molecule has 0 fully saturated rings. The number of methoxy groups -OCH3 is 4. The lowest BCUT2D eigenvalue weighted by molar-refractivity contribution is 0.0960. The summed E-state index contributed by atoms with van der Waals surface area (Å²) in [5.74, 6) is 0.0426. The van der Waals surface area contributed by atoms with Crippen molar-refractivity contribution in [1.82, 2.24) is 0 Å². The molecular weight excluding hydrogens is 455 g/mol. The van der Waals surface area contributed by atoms with Gasteiger partial charge in [0.25, 0.3) is 0 Å². The molecule has 0 N–H and O–H groups in total. The summed E-state index contributed by atoms with van der Waals surface area (Å²) in [7, 11) is 3.04. The number of carbonyl (C=O) groups excluding carboxylic acids is 2. The zero-order valence-corrected chi connectivity index (χ0v) is 22.1. The fourth-order valence-corrected chi connectivity index (χ4v) is 6.72. The van der Waals surface area contributed by atoms with Gasteiger partial charge in [-0.15, -0.1) is 0 Å². The predicted octanol–water partition coefficient (Wildman–Crippen LogP) is 5.40. The summed E-state index contributed by atoms with van der Waals surface area (Å²) in [5.41, 5.74) is -1.33. The smallest absolute Gasteiger partial charge is 0.180 e.